The summed E-state index contributed by atoms with van der Waals surface area (Å²) in [6.07, 6.45) is 6.26. The summed E-state index contributed by atoms with van der Waals surface area (Å²) in [5.74, 6) is -0.471. The molecule has 0 radical (unpaired) electrons. The van der Waals surface area contributed by atoms with Gasteiger partial charge in [-0.2, -0.15) is 0 Å². The first-order valence-corrected chi connectivity index (χ1v) is 13.2. The number of nitrogens with one attached hydrogen (secondary N) is 3. The van der Waals surface area contributed by atoms with Crippen molar-refractivity contribution in [2.45, 2.75) is 64.5 Å². The van der Waals surface area contributed by atoms with Crippen LogP contribution in [0.25, 0.3) is 5.70 Å². The van der Waals surface area contributed by atoms with E-state index < -0.39 is 12.0 Å². The summed E-state index contributed by atoms with van der Waals surface area (Å²) in [7, 11) is 0. The molecule has 8 heteroatoms. The van der Waals surface area contributed by atoms with Crippen LogP contribution in [0.3, 0.4) is 0 Å². The first kappa shape index (κ1) is 26.3. The molecule has 1 aliphatic heterocycles. The Balaban J connectivity index is 1.64. The maximum absolute atomic E-state index is 13.3. The molecule has 37 heavy (non-hydrogen) atoms. The first-order chi connectivity index (χ1) is 18.0. The van der Waals surface area contributed by atoms with Gasteiger partial charge < -0.3 is 20.7 Å². The molecule has 1 saturated carbocycles. The van der Waals surface area contributed by atoms with E-state index in [1.54, 1.807) is 24.0 Å². The fourth-order valence-electron chi connectivity index (χ4n) is 5.03. The summed E-state index contributed by atoms with van der Waals surface area (Å²) in [5.41, 5.74) is 3.08. The molecule has 3 N–H and O–H groups in total. The van der Waals surface area contributed by atoms with Gasteiger partial charge in [0.1, 0.15) is 0 Å². The van der Waals surface area contributed by atoms with Gasteiger partial charge in [-0.05, 0) is 49.4 Å². The number of hydrogen-bond donors (Lipinski definition) is 3. The fourth-order valence-corrected chi connectivity index (χ4v) is 5.03. The number of ether oxygens (including phenoxy) is 1. The summed E-state index contributed by atoms with van der Waals surface area (Å²) < 4.78 is 5.46. The standard InChI is InChI=1S/C29H36N4O4/c1-3-19-33-26(21-11-7-5-8-12-21)24(27(34)37-4-2)25(32-29(33)36)20-15-17-23(18-16-20)31-28(35)30-22-13-9-6-10-14-22/h5,7-8,11-12,15-18,22,25H,3-4,6,9-10,13-14,19H2,1-2H3,(H,32,36)(H2,30,31,35). The minimum Gasteiger partial charge on any atom is -0.463 e. The molecule has 2 aromatic rings. The molecule has 1 fully saturated rings. The van der Waals surface area contributed by atoms with Gasteiger partial charge >= 0.3 is 18.0 Å². The van der Waals surface area contributed by atoms with Crippen molar-refractivity contribution in [1.82, 2.24) is 15.5 Å². The summed E-state index contributed by atoms with van der Waals surface area (Å²) in [4.78, 5) is 40.6. The zero-order chi connectivity index (χ0) is 26.2. The molecule has 4 rings (SSSR count). The lowest BCUT2D eigenvalue weighted by Crippen LogP contribution is -2.48. The van der Waals surface area contributed by atoms with Crippen LogP contribution >= 0.6 is 0 Å². The van der Waals surface area contributed by atoms with E-state index in [1.165, 1.54) is 6.42 Å². The van der Waals surface area contributed by atoms with Crippen LogP contribution in [0, 0.1) is 0 Å². The van der Waals surface area contributed by atoms with Gasteiger partial charge in [0.15, 0.2) is 0 Å². The minimum atomic E-state index is -0.694. The first-order valence-electron chi connectivity index (χ1n) is 13.2. The summed E-state index contributed by atoms with van der Waals surface area (Å²) in [6, 6.07) is 15.7. The monoisotopic (exact) mass is 504 g/mol. The van der Waals surface area contributed by atoms with E-state index in [0.29, 0.717) is 23.5 Å². The second-order valence-electron chi connectivity index (χ2n) is 9.44. The lowest BCUT2D eigenvalue weighted by atomic mass is 9.91. The number of carbonyl (C=O) groups is 3. The van der Waals surface area contributed by atoms with E-state index >= 15 is 0 Å². The summed E-state index contributed by atoms with van der Waals surface area (Å²) in [6.45, 7) is 4.43. The Hall–Kier alpha value is -3.81. The second kappa shape index (κ2) is 12.4. The zero-order valence-electron chi connectivity index (χ0n) is 21.6. The van der Waals surface area contributed by atoms with Crippen LogP contribution in [0.5, 0.6) is 0 Å². The van der Waals surface area contributed by atoms with E-state index in [4.69, 9.17) is 4.74 Å². The van der Waals surface area contributed by atoms with Gasteiger partial charge in [0.25, 0.3) is 0 Å². The van der Waals surface area contributed by atoms with Crippen LogP contribution in [-0.4, -0.2) is 42.1 Å². The molecule has 8 nitrogen and oxygen atoms in total. The van der Waals surface area contributed by atoms with E-state index in [0.717, 1.165) is 43.2 Å². The van der Waals surface area contributed by atoms with Crippen molar-refractivity contribution in [1.29, 1.82) is 0 Å². The molecule has 2 aromatic carbocycles. The van der Waals surface area contributed by atoms with Gasteiger partial charge in [-0.25, -0.2) is 14.4 Å². The molecule has 4 amide bonds. The molecule has 0 bridgehead atoms. The smallest absolute Gasteiger partial charge is 0.338 e. The van der Waals surface area contributed by atoms with Crippen molar-refractivity contribution in [2.24, 2.45) is 0 Å². The molecule has 0 saturated heterocycles. The Morgan fingerprint density at radius 2 is 1.70 bits per heavy atom. The molecule has 2 aliphatic rings. The fraction of sp³-hybridized carbons (Fsp3) is 0.414. The third-order valence-electron chi connectivity index (χ3n) is 6.76. The SMILES string of the molecule is CCCN1C(=O)NC(c2ccc(NC(=O)NC3CCCCC3)cc2)C(C(=O)OCC)=C1c1ccccc1. The lowest BCUT2D eigenvalue weighted by molar-refractivity contribution is -0.138. The number of benzene rings is 2. The number of carbonyl (C=O) groups excluding carboxylic acids is 3. The van der Waals surface area contributed by atoms with Crippen LogP contribution in [0.15, 0.2) is 60.2 Å². The van der Waals surface area contributed by atoms with Crippen LogP contribution < -0.4 is 16.0 Å². The van der Waals surface area contributed by atoms with Gasteiger partial charge in [-0.1, -0.05) is 68.7 Å². The van der Waals surface area contributed by atoms with Gasteiger partial charge in [-0.15, -0.1) is 0 Å². The van der Waals surface area contributed by atoms with Crippen molar-refractivity contribution in [3.63, 3.8) is 0 Å². The van der Waals surface area contributed by atoms with Crippen LogP contribution in [-0.2, 0) is 9.53 Å². The molecular weight excluding hydrogens is 468 g/mol. The van der Waals surface area contributed by atoms with E-state index in [2.05, 4.69) is 16.0 Å². The number of urea groups is 2. The Morgan fingerprint density at radius 1 is 1.00 bits per heavy atom. The van der Waals surface area contributed by atoms with Crippen LogP contribution in [0.2, 0.25) is 0 Å². The molecule has 1 aliphatic carbocycles. The number of nitrogens with zero attached hydrogens (tertiary/aromatic N) is 1. The minimum absolute atomic E-state index is 0.213. The molecule has 1 atom stereocenters. The third-order valence-corrected chi connectivity index (χ3v) is 6.76. The molecule has 1 unspecified atom stereocenters. The van der Waals surface area contributed by atoms with Gasteiger partial charge in [0, 0.05) is 18.3 Å². The van der Waals surface area contributed by atoms with Crippen molar-refractivity contribution < 1.29 is 19.1 Å². The van der Waals surface area contributed by atoms with Gasteiger partial charge in [0.05, 0.1) is 23.9 Å². The number of anilines is 1. The van der Waals surface area contributed by atoms with E-state index in [-0.39, 0.29) is 24.7 Å². The van der Waals surface area contributed by atoms with E-state index in [9.17, 15) is 14.4 Å². The second-order valence-corrected chi connectivity index (χ2v) is 9.44. The predicted octanol–water partition coefficient (Wildman–Crippen LogP) is 5.59. The largest absolute Gasteiger partial charge is 0.463 e. The molecule has 0 aromatic heterocycles. The topological polar surface area (TPSA) is 99.8 Å². The number of rotatable bonds is 8. The predicted molar refractivity (Wildman–Crippen MR) is 144 cm³/mol. The number of amides is 4. The normalized spacial score (nSPS) is 18.3. The average molecular weight is 505 g/mol. The highest BCUT2D eigenvalue weighted by molar-refractivity contribution is 6.04. The third kappa shape index (κ3) is 6.31. The van der Waals surface area contributed by atoms with Crippen molar-refractivity contribution >= 4 is 29.4 Å². The van der Waals surface area contributed by atoms with Gasteiger partial charge in [-0.3, -0.25) is 4.90 Å². The number of hydrogen-bond acceptors (Lipinski definition) is 4. The Kier molecular flexibility index (Phi) is 8.82. The molecule has 0 spiro atoms. The quantitative estimate of drug-likeness (QED) is 0.408. The van der Waals surface area contributed by atoms with Crippen LogP contribution in [0.1, 0.15) is 69.5 Å². The summed E-state index contributed by atoms with van der Waals surface area (Å²) >= 11 is 0. The molecule has 1 heterocycles. The molecule has 196 valence electrons. The van der Waals surface area contributed by atoms with Crippen molar-refractivity contribution in [3.8, 4) is 0 Å². The zero-order valence-corrected chi connectivity index (χ0v) is 21.6. The lowest BCUT2D eigenvalue weighted by Gasteiger charge is -2.36. The maximum Gasteiger partial charge on any atom is 0.338 e. The average Bonchev–Trinajstić information content (AvgIpc) is 2.91. The van der Waals surface area contributed by atoms with Crippen LogP contribution in [0.4, 0.5) is 15.3 Å². The highest BCUT2D eigenvalue weighted by Gasteiger charge is 2.38. The Labute approximate surface area is 218 Å². The van der Waals surface area contributed by atoms with Crippen molar-refractivity contribution in [3.05, 3.63) is 71.3 Å². The van der Waals surface area contributed by atoms with E-state index in [1.807, 2.05) is 49.4 Å². The Bertz CT molecular complexity index is 1120. The maximum atomic E-state index is 13.3. The summed E-state index contributed by atoms with van der Waals surface area (Å²) in [5, 5.41) is 8.94. The molecular formula is C29H36N4O4. The van der Waals surface area contributed by atoms with Crippen molar-refractivity contribution in [2.75, 3.05) is 18.5 Å². The Morgan fingerprint density at radius 3 is 2.35 bits per heavy atom. The van der Waals surface area contributed by atoms with Gasteiger partial charge in [0.2, 0.25) is 0 Å². The number of esters is 1. The highest BCUT2D eigenvalue weighted by atomic mass is 16.5. The highest BCUT2D eigenvalue weighted by Crippen LogP contribution is 2.37.